The molecule has 2 atom stereocenters. The molecule has 24 heavy (non-hydrogen) atoms. The molecule has 1 rings (SSSR count). The van der Waals surface area contributed by atoms with Crippen molar-refractivity contribution in [3.63, 3.8) is 0 Å². The first kappa shape index (κ1) is 22.7. The van der Waals surface area contributed by atoms with Gasteiger partial charge in [-0.15, -0.1) is 24.0 Å². The van der Waals surface area contributed by atoms with Gasteiger partial charge in [0.05, 0.1) is 0 Å². The maximum Gasteiger partial charge on any atom is 0.222 e. The number of amides is 1. The predicted molar refractivity (Wildman–Crippen MR) is 112 cm³/mol. The molecule has 0 radical (unpaired) electrons. The highest BCUT2D eigenvalue weighted by Gasteiger charge is 2.15. The molecule has 5 nitrogen and oxygen atoms in total. The van der Waals surface area contributed by atoms with Crippen LogP contribution in [0.4, 0.5) is 0 Å². The fourth-order valence-electron chi connectivity index (χ4n) is 2.15. The Morgan fingerprint density at radius 1 is 1.04 bits per heavy atom. The van der Waals surface area contributed by atoms with Gasteiger partial charge in [0.2, 0.25) is 5.91 Å². The zero-order valence-corrected chi connectivity index (χ0v) is 17.6. The molecular weight excluding hydrogens is 415 g/mol. The molecule has 1 aromatic carbocycles. The van der Waals surface area contributed by atoms with E-state index in [0.717, 1.165) is 5.96 Å². The first-order chi connectivity index (χ1) is 11.0. The molecule has 6 heteroatoms. The summed E-state index contributed by atoms with van der Waals surface area (Å²) in [5, 5.41) is 9.51. The van der Waals surface area contributed by atoms with Gasteiger partial charge in [-0.1, -0.05) is 51.1 Å². The fraction of sp³-hybridized carbons (Fsp3) is 0.556. The Balaban J connectivity index is 0.00000529. The van der Waals surface area contributed by atoms with E-state index in [0.29, 0.717) is 19.0 Å². The van der Waals surface area contributed by atoms with Crippen LogP contribution >= 0.6 is 24.0 Å². The van der Waals surface area contributed by atoms with Crippen molar-refractivity contribution in [2.24, 2.45) is 10.9 Å². The van der Waals surface area contributed by atoms with Crippen LogP contribution in [0.5, 0.6) is 0 Å². The Labute approximate surface area is 163 Å². The smallest absolute Gasteiger partial charge is 0.222 e. The molecule has 0 aliphatic carbocycles. The van der Waals surface area contributed by atoms with Gasteiger partial charge in [-0.3, -0.25) is 9.79 Å². The SMILES string of the molecule is CN=C(NCCNC(=O)C(C)C)NC(C)C(C)c1ccccc1.I. The van der Waals surface area contributed by atoms with E-state index < -0.39 is 0 Å². The fourth-order valence-corrected chi connectivity index (χ4v) is 2.15. The van der Waals surface area contributed by atoms with Crippen molar-refractivity contribution in [3.8, 4) is 0 Å². The van der Waals surface area contributed by atoms with Crippen LogP contribution in [0.1, 0.15) is 39.2 Å². The number of carbonyl (C=O) groups excluding carboxylic acids is 1. The van der Waals surface area contributed by atoms with E-state index in [-0.39, 0.29) is 41.8 Å². The molecule has 0 bridgehead atoms. The monoisotopic (exact) mass is 446 g/mol. The summed E-state index contributed by atoms with van der Waals surface area (Å²) in [4.78, 5) is 15.7. The van der Waals surface area contributed by atoms with Crippen LogP contribution in [0.3, 0.4) is 0 Å². The molecule has 0 aromatic heterocycles. The number of halogens is 1. The summed E-state index contributed by atoms with van der Waals surface area (Å²) in [6.07, 6.45) is 0. The van der Waals surface area contributed by atoms with Crippen LogP contribution in [0.25, 0.3) is 0 Å². The maximum atomic E-state index is 11.5. The molecule has 3 N–H and O–H groups in total. The molecule has 2 unspecified atom stereocenters. The van der Waals surface area contributed by atoms with E-state index >= 15 is 0 Å². The number of nitrogens with zero attached hydrogens (tertiary/aromatic N) is 1. The first-order valence-electron chi connectivity index (χ1n) is 8.25. The van der Waals surface area contributed by atoms with Crippen molar-refractivity contribution in [2.75, 3.05) is 20.1 Å². The lowest BCUT2D eigenvalue weighted by atomic mass is 9.94. The highest BCUT2D eigenvalue weighted by molar-refractivity contribution is 14.0. The summed E-state index contributed by atoms with van der Waals surface area (Å²) >= 11 is 0. The van der Waals surface area contributed by atoms with Crippen LogP contribution in [0.15, 0.2) is 35.3 Å². The quantitative estimate of drug-likeness (QED) is 0.261. The average Bonchev–Trinajstić information content (AvgIpc) is 2.57. The first-order valence-corrected chi connectivity index (χ1v) is 8.25. The lowest BCUT2D eigenvalue weighted by molar-refractivity contribution is -0.123. The second kappa shape index (κ2) is 12.1. The Hall–Kier alpha value is -1.31. The number of hydrogen-bond donors (Lipinski definition) is 3. The van der Waals surface area contributed by atoms with Gasteiger partial charge in [0.15, 0.2) is 5.96 Å². The summed E-state index contributed by atoms with van der Waals surface area (Å²) in [5.41, 5.74) is 1.30. The Morgan fingerprint density at radius 3 is 2.17 bits per heavy atom. The van der Waals surface area contributed by atoms with Crippen LogP contribution in [0, 0.1) is 5.92 Å². The second-order valence-electron chi connectivity index (χ2n) is 6.08. The number of carbonyl (C=O) groups is 1. The molecule has 136 valence electrons. The highest BCUT2D eigenvalue weighted by Crippen LogP contribution is 2.18. The third-order valence-electron chi connectivity index (χ3n) is 3.90. The number of hydrogen-bond acceptors (Lipinski definition) is 2. The lowest BCUT2D eigenvalue weighted by Crippen LogP contribution is -2.46. The topological polar surface area (TPSA) is 65.5 Å². The van der Waals surface area contributed by atoms with E-state index in [2.05, 4.69) is 59.1 Å². The van der Waals surface area contributed by atoms with Crippen molar-refractivity contribution >= 4 is 35.8 Å². The number of benzene rings is 1. The minimum Gasteiger partial charge on any atom is -0.355 e. The van der Waals surface area contributed by atoms with Gasteiger partial charge >= 0.3 is 0 Å². The van der Waals surface area contributed by atoms with Crippen molar-refractivity contribution in [2.45, 2.75) is 39.7 Å². The van der Waals surface area contributed by atoms with Gasteiger partial charge in [0, 0.05) is 38.0 Å². The van der Waals surface area contributed by atoms with Gasteiger partial charge in [0.25, 0.3) is 0 Å². The Kier molecular flexibility index (Phi) is 11.4. The summed E-state index contributed by atoms with van der Waals surface area (Å²) in [6.45, 7) is 9.34. The molecule has 0 aliphatic rings. The van der Waals surface area contributed by atoms with Crippen LogP contribution in [0.2, 0.25) is 0 Å². The van der Waals surface area contributed by atoms with Crippen molar-refractivity contribution in [1.29, 1.82) is 0 Å². The normalized spacial score (nSPS) is 13.7. The van der Waals surface area contributed by atoms with E-state index in [1.165, 1.54) is 5.56 Å². The molecule has 0 saturated carbocycles. The average molecular weight is 446 g/mol. The molecule has 1 amide bonds. The van der Waals surface area contributed by atoms with Crippen LogP contribution in [-0.2, 0) is 4.79 Å². The number of rotatable bonds is 7. The van der Waals surface area contributed by atoms with Gasteiger partial charge in [-0.25, -0.2) is 0 Å². The van der Waals surface area contributed by atoms with E-state index in [4.69, 9.17) is 0 Å². The van der Waals surface area contributed by atoms with Crippen LogP contribution < -0.4 is 16.0 Å². The Bertz CT molecular complexity index is 505. The summed E-state index contributed by atoms with van der Waals surface area (Å²) < 4.78 is 0. The van der Waals surface area contributed by atoms with Crippen molar-refractivity contribution < 1.29 is 4.79 Å². The predicted octanol–water partition coefficient (Wildman–Crippen LogP) is 2.73. The molecule has 0 aliphatic heterocycles. The summed E-state index contributed by atoms with van der Waals surface area (Å²) in [6, 6.07) is 10.7. The molecule has 0 heterocycles. The van der Waals surface area contributed by atoms with Crippen molar-refractivity contribution in [1.82, 2.24) is 16.0 Å². The molecule has 0 fully saturated rings. The maximum absolute atomic E-state index is 11.5. The van der Waals surface area contributed by atoms with Crippen molar-refractivity contribution in [3.05, 3.63) is 35.9 Å². The lowest BCUT2D eigenvalue weighted by Gasteiger charge is -2.24. The van der Waals surface area contributed by atoms with E-state index in [9.17, 15) is 4.79 Å². The number of guanidine groups is 1. The van der Waals surface area contributed by atoms with Crippen LogP contribution in [-0.4, -0.2) is 38.0 Å². The van der Waals surface area contributed by atoms with E-state index in [1.54, 1.807) is 7.05 Å². The zero-order chi connectivity index (χ0) is 17.2. The van der Waals surface area contributed by atoms with Gasteiger partial charge in [-0.2, -0.15) is 0 Å². The van der Waals surface area contributed by atoms with E-state index in [1.807, 2.05) is 19.9 Å². The minimum atomic E-state index is 0. The zero-order valence-electron chi connectivity index (χ0n) is 15.3. The summed E-state index contributed by atoms with van der Waals surface area (Å²) in [7, 11) is 1.75. The standard InChI is InChI=1S/C18H30N4O.HI/c1-13(2)17(23)20-11-12-21-18(19-5)22-15(4)14(3)16-9-7-6-8-10-16;/h6-10,13-15H,11-12H2,1-5H3,(H,20,23)(H2,19,21,22);1H. The molecular formula is C18H31IN4O. The second-order valence-corrected chi connectivity index (χ2v) is 6.08. The minimum absolute atomic E-state index is 0. The number of nitrogens with one attached hydrogen (secondary N) is 3. The third-order valence-corrected chi connectivity index (χ3v) is 3.90. The molecule has 0 saturated heterocycles. The van der Waals surface area contributed by atoms with Gasteiger partial charge in [0.1, 0.15) is 0 Å². The molecule has 0 spiro atoms. The molecule has 1 aromatic rings. The highest BCUT2D eigenvalue weighted by atomic mass is 127. The Morgan fingerprint density at radius 2 is 1.62 bits per heavy atom. The third kappa shape index (κ3) is 7.99. The largest absolute Gasteiger partial charge is 0.355 e. The summed E-state index contributed by atoms with van der Waals surface area (Å²) in [5.74, 6) is 1.20. The van der Waals surface area contributed by atoms with Gasteiger partial charge in [-0.05, 0) is 12.5 Å². The van der Waals surface area contributed by atoms with Gasteiger partial charge < -0.3 is 16.0 Å². The number of aliphatic imine (C=N–C) groups is 1.